The molecule has 2 aromatic heterocycles. The van der Waals surface area contributed by atoms with E-state index in [-0.39, 0.29) is 21.4 Å². The summed E-state index contributed by atoms with van der Waals surface area (Å²) in [5.74, 6) is -2.97. The maximum atomic E-state index is 11.1. The minimum atomic E-state index is -1.48. The Morgan fingerprint density at radius 2 is 0.962 bits per heavy atom. The number of halogens is 6. The van der Waals surface area contributed by atoms with Crippen molar-refractivity contribution in [1.82, 2.24) is 9.97 Å². The van der Waals surface area contributed by atoms with E-state index in [2.05, 4.69) is 20.2 Å². The molecule has 2 rings (SSSR count). The molecular weight excluding hydrogens is 477 g/mol. The van der Waals surface area contributed by atoms with E-state index in [1.54, 1.807) is 0 Å². The van der Waals surface area contributed by atoms with Crippen LogP contribution in [0, 0.1) is 0 Å². The van der Waals surface area contributed by atoms with Crippen LogP contribution in [0.25, 0.3) is 0 Å². The van der Waals surface area contributed by atoms with E-state index in [0.717, 1.165) is 0 Å². The summed E-state index contributed by atoms with van der Waals surface area (Å²) in [5.41, 5.74) is -1.93. The smallest absolute Gasteiger partial charge is 0.356 e. The molecule has 0 aromatic carbocycles. The van der Waals surface area contributed by atoms with Gasteiger partial charge in [-0.3, -0.25) is 0 Å². The molecule has 0 fully saturated rings. The van der Waals surface area contributed by atoms with Gasteiger partial charge in [-0.25, -0.2) is 19.6 Å². The molecule has 0 saturated heterocycles. The molecule has 136 valence electrons. The first-order valence-electron chi connectivity index (χ1n) is 6.03. The lowest BCUT2D eigenvalue weighted by Gasteiger charge is -2.07. The van der Waals surface area contributed by atoms with Crippen molar-refractivity contribution in [2.75, 3.05) is 0 Å². The number of aromatic carboxylic acids is 2. The van der Waals surface area contributed by atoms with Gasteiger partial charge in [-0.2, -0.15) is 0 Å². The minimum absolute atomic E-state index is 0.295. The quantitative estimate of drug-likeness (QED) is 0.397. The fraction of sp³-hybridized carbons (Fsp3) is 0. The third-order valence-electron chi connectivity index (χ3n) is 2.68. The topological polar surface area (TPSA) is 125 Å². The van der Waals surface area contributed by atoms with E-state index >= 15 is 0 Å². The van der Waals surface area contributed by atoms with Crippen molar-refractivity contribution >= 4 is 92.9 Å². The highest BCUT2D eigenvalue weighted by atomic mass is 35.5. The number of hydrogen-bond acceptors (Lipinski definition) is 6. The summed E-state index contributed by atoms with van der Waals surface area (Å²) >= 11 is 35.1. The van der Waals surface area contributed by atoms with Crippen molar-refractivity contribution in [1.29, 1.82) is 0 Å². The number of hydrogen-bond donors (Lipinski definition) is 2. The van der Waals surface area contributed by atoms with Crippen LogP contribution in [0.4, 0.5) is 11.4 Å². The van der Waals surface area contributed by atoms with Gasteiger partial charge in [0.2, 0.25) is 0 Å². The zero-order valence-electron chi connectivity index (χ0n) is 11.8. The van der Waals surface area contributed by atoms with Gasteiger partial charge in [0.25, 0.3) is 0 Å². The Morgan fingerprint density at radius 3 is 1.23 bits per heavy atom. The van der Waals surface area contributed by atoms with Gasteiger partial charge >= 0.3 is 11.9 Å². The number of nitrogens with zero attached hydrogens (tertiary/aromatic N) is 4. The Balaban J connectivity index is 2.69. The molecule has 2 N–H and O–H groups in total. The third-order valence-corrected chi connectivity index (χ3v) is 4.86. The zero-order valence-corrected chi connectivity index (χ0v) is 16.3. The van der Waals surface area contributed by atoms with Crippen LogP contribution in [0.5, 0.6) is 0 Å². The molecule has 0 aliphatic heterocycles. The number of carboxylic acids is 2. The maximum absolute atomic E-state index is 11.1. The lowest BCUT2D eigenvalue weighted by atomic mass is 10.3. The molecular formula is C12H2Cl6N4O4. The normalized spacial score (nSPS) is 11.2. The first kappa shape index (κ1) is 20.9. The average molecular weight is 479 g/mol. The highest BCUT2D eigenvalue weighted by Crippen LogP contribution is 2.43. The van der Waals surface area contributed by atoms with Crippen LogP contribution < -0.4 is 0 Å². The van der Waals surface area contributed by atoms with Crippen LogP contribution in [0.1, 0.15) is 21.0 Å². The predicted molar refractivity (Wildman–Crippen MR) is 96.6 cm³/mol. The van der Waals surface area contributed by atoms with E-state index in [0.29, 0.717) is 0 Å². The fourth-order valence-corrected chi connectivity index (χ4v) is 2.87. The first-order valence-corrected chi connectivity index (χ1v) is 8.30. The number of carboxylic acid groups (broad SMARTS) is 2. The molecule has 0 aliphatic rings. The van der Waals surface area contributed by atoms with Gasteiger partial charge in [-0.05, 0) is 0 Å². The Morgan fingerprint density at radius 1 is 0.654 bits per heavy atom. The Labute approximate surface area is 174 Å². The standard InChI is InChI=1S/C12H2Cl6N4O4/c13-1-5(3(15)9(17)19-7(1)11(23)24)21-22-6-2(14)8(12(25)26)20-10(18)4(6)16/h(H,23,24)(H,25,26). The van der Waals surface area contributed by atoms with E-state index in [1.807, 2.05) is 0 Å². The SMILES string of the molecule is O=C(O)c1nc(Cl)c(Cl)c(N=Nc2c(Cl)c(Cl)nc(C(=O)O)c2Cl)c1Cl. The van der Waals surface area contributed by atoms with Crippen molar-refractivity contribution in [3.8, 4) is 0 Å². The molecule has 0 aliphatic carbocycles. The summed E-state index contributed by atoms with van der Waals surface area (Å²) in [6, 6.07) is 0. The van der Waals surface area contributed by atoms with Crippen LogP contribution in [0.15, 0.2) is 10.2 Å². The second kappa shape index (κ2) is 8.08. The lowest BCUT2D eigenvalue weighted by molar-refractivity contribution is 0.0680. The van der Waals surface area contributed by atoms with Gasteiger partial charge in [0.05, 0.1) is 0 Å². The summed E-state index contributed by atoms with van der Waals surface area (Å²) in [4.78, 5) is 29.3. The zero-order chi connectivity index (χ0) is 19.8. The minimum Gasteiger partial charge on any atom is -0.476 e. The van der Waals surface area contributed by atoms with Crippen LogP contribution >= 0.6 is 69.6 Å². The van der Waals surface area contributed by atoms with E-state index < -0.39 is 43.7 Å². The molecule has 2 heterocycles. The molecule has 14 heteroatoms. The highest BCUT2D eigenvalue weighted by Gasteiger charge is 2.23. The largest absolute Gasteiger partial charge is 0.476 e. The van der Waals surface area contributed by atoms with E-state index in [1.165, 1.54) is 0 Å². The molecule has 0 saturated carbocycles. The van der Waals surface area contributed by atoms with Gasteiger partial charge in [-0.15, -0.1) is 10.2 Å². The fourth-order valence-electron chi connectivity index (χ4n) is 1.56. The van der Waals surface area contributed by atoms with Gasteiger partial charge in [-0.1, -0.05) is 69.6 Å². The third kappa shape index (κ3) is 3.95. The summed E-state index contributed by atoms with van der Waals surface area (Å²) in [5, 5.41) is 23.2. The number of carbonyl (C=O) groups is 2. The van der Waals surface area contributed by atoms with Crippen molar-refractivity contribution in [3.05, 3.63) is 41.8 Å². The number of azo groups is 1. The van der Waals surface area contributed by atoms with Crippen molar-refractivity contribution in [2.24, 2.45) is 10.2 Å². The van der Waals surface area contributed by atoms with Crippen molar-refractivity contribution < 1.29 is 19.8 Å². The molecule has 8 nitrogen and oxygen atoms in total. The molecule has 0 atom stereocenters. The van der Waals surface area contributed by atoms with Crippen LogP contribution in [-0.4, -0.2) is 32.1 Å². The Hall–Kier alpha value is -1.42. The highest BCUT2D eigenvalue weighted by molar-refractivity contribution is 6.46. The second-order valence-corrected chi connectivity index (χ2v) is 6.49. The monoisotopic (exact) mass is 476 g/mol. The van der Waals surface area contributed by atoms with Crippen molar-refractivity contribution in [3.63, 3.8) is 0 Å². The van der Waals surface area contributed by atoms with Gasteiger partial charge in [0.15, 0.2) is 21.7 Å². The Bertz CT molecular complexity index is 904. The molecule has 0 bridgehead atoms. The summed E-state index contributed by atoms with van der Waals surface area (Å²) in [6.07, 6.45) is 0. The first-order chi connectivity index (χ1) is 12.1. The average Bonchev–Trinajstić information content (AvgIpc) is 2.56. The molecule has 2 aromatic rings. The summed E-state index contributed by atoms with van der Waals surface area (Å²) in [6.45, 7) is 0. The molecule has 0 unspecified atom stereocenters. The number of pyridine rings is 2. The lowest BCUT2D eigenvalue weighted by Crippen LogP contribution is -2.02. The second-order valence-electron chi connectivity index (χ2n) is 4.27. The van der Waals surface area contributed by atoms with Gasteiger partial charge in [0.1, 0.15) is 31.5 Å². The van der Waals surface area contributed by atoms with Crippen LogP contribution in [-0.2, 0) is 0 Å². The van der Waals surface area contributed by atoms with Crippen molar-refractivity contribution in [2.45, 2.75) is 0 Å². The maximum Gasteiger partial charge on any atom is 0.356 e. The molecule has 0 spiro atoms. The van der Waals surface area contributed by atoms with Gasteiger partial charge in [0, 0.05) is 0 Å². The summed E-state index contributed by atoms with van der Waals surface area (Å²) < 4.78 is 0. The molecule has 0 amide bonds. The van der Waals surface area contributed by atoms with E-state index in [4.69, 9.17) is 79.8 Å². The Kier molecular flexibility index (Phi) is 6.49. The number of aromatic nitrogens is 2. The van der Waals surface area contributed by atoms with E-state index in [9.17, 15) is 9.59 Å². The molecule has 0 radical (unpaired) electrons. The van der Waals surface area contributed by atoms with Crippen LogP contribution in [0.3, 0.4) is 0 Å². The summed E-state index contributed by atoms with van der Waals surface area (Å²) in [7, 11) is 0. The van der Waals surface area contributed by atoms with Gasteiger partial charge < -0.3 is 10.2 Å². The van der Waals surface area contributed by atoms with Crippen LogP contribution in [0.2, 0.25) is 30.4 Å². The predicted octanol–water partition coefficient (Wildman–Crippen LogP) is 6.21. The number of rotatable bonds is 4. The molecule has 26 heavy (non-hydrogen) atoms.